The van der Waals surface area contributed by atoms with Crippen LogP contribution in [0.3, 0.4) is 0 Å². The van der Waals surface area contributed by atoms with Crippen molar-refractivity contribution in [1.82, 2.24) is 5.32 Å². The summed E-state index contributed by atoms with van der Waals surface area (Å²) in [6.07, 6.45) is 0.662. The molecular weight excluding hydrogens is 322 g/mol. The summed E-state index contributed by atoms with van der Waals surface area (Å²) in [6.45, 7) is 1.69. The van der Waals surface area contributed by atoms with Gasteiger partial charge in [0.05, 0.1) is 13.2 Å². The van der Waals surface area contributed by atoms with Gasteiger partial charge in [0.1, 0.15) is 5.75 Å². The minimum Gasteiger partial charge on any atom is -0.493 e. The van der Waals surface area contributed by atoms with Crippen molar-refractivity contribution < 1.29 is 24.2 Å². The second kappa shape index (κ2) is 8.48. The number of carbonyl (C=O) groups excluding carboxylic acids is 1. The minimum atomic E-state index is -1.43. The van der Waals surface area contributed by atoms with E-state index in [1.807, 2.05) is 42.5 Å². The molecule has 1 atom stereocenters. The van der Waals surface area contributed by atoms with Gasteiger partial charge in [-0.25, -0.2) is 4.79 Å². The van der Waals surface area contributed by atoms with Crippen LogP contribution < -0.4 is 10.1 Å². The van der Waals surface area contributed by atoms with Gasteiger partial charge in [-0.1, -0.05) is 36.4 Å². The number of aliphatic carboxylic acids is 1. The molecular formula is C19H23NO5. The highest BCUT2D eigenvalue weighted by Gasteiger charge is 2.34. The van der Waals surface area contributed by atoms with Gasteiger partial charge in [-0.15, -0.1) is 0 Å². The summed E-state index contributed by atoms with van der Waals surface area (Å²) in [5.74, 6) is -0.702. The number of benzene rings is 2. The molecule has 1 amide bonds. The molecule has 0 aliphatic heterocycles. The molecule has 0 radical (unpaired) electrons. The number of ether oxygens (including phenoxy) is 2. The number of carboxylic acids is 1. The van der Waals surface area contributed by atoms with Crippen molar-refractivity contribution in [2.45, 2.75) is 25.3 Å². The first-order valence-electron chi connectivity index (χ1n) is 8.10. The second-order valence-corrected chi connectivity index (χ2v) is 6.05. The zero-order valence-corrected chi connectivity index (χ0v) is 14.5. The van der Waals surface area contributed by atoms with E-state index in [0.717, 1.165) is 16.5 Å². The van der Waals surface area contributed by atoms with Gasteiger partial charge in [0, 0.05) is 18.9 Å². The summed E-state index contributed by atoms with van der Waals surface area (Å²) in [5.41, 5.74) is -1.43. The molecule has 2 aromatic rings. The number of carbonyl (C=O) groups is 2. The predicted molar refractivity (Wildman–Crippen MR) is 94.7 cm³/mol. The van der Waals surface area contributed by atoms with E-state index in [0.29, 0.717) is 13.0 Å². The highest BCUT2D eigenvalue weighted by Crippen LogP contribution is 2.25. The van der Waals surface area contributed by atoms with Gasteiger partial charge in [0.25, 0.3) is 0 Å². The van der Waals surface area contributed by atoms with Crippen molar-refractivity contribution >= 4 is 22.6 Å². The first kappa shape index (κ1) is 18.7. The molecule has 2 N–H and O–H groups in total. The SMILES string of the molecule is COCC(C)(NC(=O)CCCOc1cccc2ccccc12)C(=O)O. The van der Waals surface area contributed by atoms with E-state index >= 15 is 0 Å². The molecule has 0 aromatic heterocycles. The van der Waals surface area contributed by atoms with Crippen molar-refractivity contribution in [2.75, 3.05) is 20.3 Å². The Morgan fingerprint density at radius 3 is 2.60 bits per heavy atom. The fourth-order valence-corrected chi connectivity index (χ4v) is 2.55. The highest BCUT2D eigenvalue weighted by atomic mass is 16.5. The van der Waals surface area contributed by atoms with Gasteiger partial charge in [0.2, 0.25) is 5.91 Å². The molecule has 0 heterocycles. The van der Waals surface area contributed by atoms with Crippen LogP contribution in [0.2, 0.25) is 0 Å². The number of rotatable bonds is 9. The number of amides is 1. The van der Waals surface area contributed by atoms with E-state index in [2.05, 4.69) is 5.32 Å². The van der Waals surface area contributed by atoms with Crippen molar-refractivity contribution in [1.29, 1.82) is 0 Å². The van der Waals surface area contributed by atoms with E-state index in [1.54, 1.807) is 0 Å². The third-order valence-corrected chi connectivity index (χ3v) is 3.88. The third-order valence-electron chi connectivity index (χ3n) is 3.88. The van der Waals surface area contributed by atoms with Crippen LogP contribution in [0.15, 0.2) is 42.5 Å². The fourth-order valence-electron chi connectivity index (χ4n) is 2.55. The standard InChI is InChI=1S/C19H23NO5/c1-19(13-24-2,18(22)23)20-17(21)11-6-12-25-16-10-5-8-14-7-3-4-9-15(14)16/h3-5,7-10H,6,11-13H2,1-2H3,(H,20,21)(H,22,23). The summed E-state index contributed by atoms with van der Waals surface area (Å²) in [6, 6.07) is 13.7. The zero-order valence-electron chi connectivity index (χ0n) is 14.5. The lowest BCUT2D eigenvalue weighted by molar-refractivity contribution is -0.149. The molecule has 2 rings (SSSR count). The first-order chi connectivity index (χ1) is 12.0. The van der Waals surface area contributed by atoms with Crippen LogP contribution in [0.1, 0.15) is 19.8 Å². The predicted octanol–water partition coefficient (Wildman–Crippen LogP) is 2.60. The maximum Gasteiger partial charge on any atom is 0.331 e. The van der Waals surface area contributed by atoms with E-state index < -0.39 is 11.5 Å². The Labute approximate surface area is 146 Å². The van der Waals surface area contributed by atoms with E-state index in [9.17, 15) is 14.7 Å². The number of methoxy groups -OCH3 is 1. The topological polar surface area (TPSA) is 84.9 Å². The second-order valence-electron chi connectivity index (χ2n) is 6.05. The van der Waals surface area contributed by atoms with Crippen molar-refractivity contribution in [2.24, 2.45) is 0 Å². The summed E-state index contributed by atoms with van der Waals surface area (Å²) < 4.78 is 10.6. The maximum absolute atomic E-state index is 12.0. The molecule has 6 heteroatoms. The lowest BCUT2D eigenvalue weighted by Crippen LogP contribution is -2.55. The van der Waals surface area contributed by atoms with Gasteiger partial charge >= 0.3 is 5.97 Å². The number of carboxylic acid groups (broad SMARTS) is 1. The molecule has 6 nitrogen and oxygen atoms in total. The molecule has 0 saturated heterocycles. The maximum atomic E-state index is 12.0. The molecule has 0 bridgehead atoms. The van der Waals surface area contributed by atoms with E-state index in [1.165, 1.54) is 14.0 Å². The monoisotopic (exact) mass is 345 g/mol. The quantitative estimate of drug-likeness (QED) is 0.683. The molecule has 25 heavy (non-hydrogen) atoms. The van der Waals surface area contributed by atoms with Crippen LogP contribution in [0, 0.1) is 0 Å². The molecule has 0 aliphatic rings. The Hall–Kier alpha value is -2.60. The van der Waals surface area contributed by atoms with Gasteiger partial charge < -0.3 is 19.9 Å². The Kier molecular flexibility index (Phi) is 6.36. The van der Waals surface area contributed by atoms with Gasteiger partial charge in [-0.3, -0.25) is 4.79 Å². The average molecular weight is 345 g/mol. The third kappa shape index (κ3) is 4.93. The van der Waals surface area contributed by atoms with Crippen LogP contribution in [-0.4, -0.2) is 42.8 Å². The zero-order chi connectivity index (χ0) is 18.3. The lowest BCUT2D eigenvalue weighted by atomic mass is 10.0. The van der Waals surface area contributed by atoms with Crippen molar-refractivity contribution in [3.63, 3.8) is 0 Å². The Bertz CT molecular complexity index is 740. The van der Waals surface area contributed by atoms with Crippen LogP contribution in [0.4, 0.5) is 0 Å². The summed E-state index contributed by atoms with van der Waals surface area (Å²) in [5, 5.41) is 13.8. The average Bonchev–Trinajstić information content (AvgIpc) is 2.59. The molecule has 134 valence electrons. The van der Waals surface area contributed by atoms with Gasteiger partial charge in [-0.05, 0) is 24.8 Å². The Morgan fingerprint density at radius 2 is 1.88 bits per heavy atom. The minimum absolute atomic E-state index is 0.0966. The number of fused-ring (bicyclic) bond motifs is 1. The normalized spacial score (nSPS) is 13.2. The van der Waals surface area contributed by atoms with E-state index in [4.69, 9.17) is 9.47 Å². The van der Waals surface area contributed by atoms with Crippen LogP contribution >= 0.6 is 0 Å². The van der Waals surface area contributed by atoms with Gasteiger partial charge in [0.15, 0.2) is 5.54 Å². The molecule has 0 spiro atoms. The Balaban J connectivity index is 1.84. The van der Waals surface area contributed by atoms with Crippen molar-refractivity contribution in [3.05, 3.63) is 42.5 Å². The number of hydrogen-bond donors (Lipinski definition) is 2. The Morgan fingerprint density at radius 1 is 1.16 bits per heavy atom. The number of nitrogens with one attached hydrogen (secondary N) is 1. The molecule has 0 saturated carbocycles. The molecule has 1 unspecified atom stereocenters. The highest BCUT2D eigenvalue weighted by molar-refractivity contribution is 5.88. The van der Waals surface area contributed by atoms with Crippen LogP contribution in [0.25, 0.3) is 10.8 Å². The summed E-state index contributed by atoms with van der Waals surface area (Å²) in [4.78, 5) is 23.2. The smallest absolute Gasteiger partial charge is 0.331 e. The largest absolute Gasteiger partial charge is 0.493 e. The molecule has 2 aromatic carbocycles. The first-order valence-corrected chi connectivity index (χ1v) is 8.10. The van der Waals surface area contributed by atoms with Gasteiger partial charge in [-0.2, -0.15) is 0 Å². The van der Waals surface area contributed by atoms with Crippen LogP contribution in [-0.2, 0) is 14.3 Å². The van der Waals surface area contributed by atoms with Crippen LogP contribution in [0.5, 0.6) is 5.75 Å². The molecule has 0 fully saturated rings. The summed E-state index contributed by atoms with van der Waals surface area (Å²) in [7, 11) is 1.39. The van der Waals surface area contributed by atoms with Crippen molar-refractivity contribution in [3.8, 4) is 5.75 Å². The molecule has 0 aliphatic carbocycles. The number of hydrogen-bond acceptors (Lipinski definition) is 4. The van der Waals surface area contributed by atoms with E-state index in [-0.39, 0.29) is 18.9 Å². The fraction of sp³-hybridized carbons (Fsp3) is 0.368. The lowest BCUT2D eigenvalue weighted by Gasteiger charge is -2.25. The summed E-state index contributed by atoms with van der Waals surface area (Å²) >= 11 is 0.